The van der Waals surface area contributed by atoms with E-state index >= 15 is 0 Å². The van der Waals surface area contributed by atoms with Gasteiger partial charge in [0.05, 0.1) is 5.54 Å². The smallest absolute Gasteiger partial charge is 0.100 e. The van der Waals surface area contributed by atoms with Crippen LogP contribution in [0.3, 0.4) is 0 Å². The van der Waals surface area contributed by atoms with Crippen LogP contribution in [0.15, 0.2) is 4.74 Å². The lowest BCUT2D eigenvalue weighted by Gasteiger charge is -2.52. The summed E-state index contributed by atoms with van der Waals surface area (Å²) in [7, 11) is 3.20. The third-order valence-corrected chi connectivity index (χ3v) is 8.78. The number of hydrogen-bond acceptors (Lipinski definition) is 1. The molecule has 0 amide bonds. The van der Waals surface area contributed by atoms with E-state index in [-0.39, 0.29) is 5.54 Å². The second kappa shape index (κ2) is 4.68. The number of hydrogen-bond donors (Lipinski definition) is 0. The molecule has 0 radical (unpaired) electrons. The van der Waals surface area contributed by atoms with Gasteiger partial charge in [-0.05, 0) is 60.5 Å². The van der Waals surface area contributed by atoms with Gasteiger partial charge in [0.2, 0.25) is 0 Å². The van der Waals surface area contributed by atoms with E-state index in [1.165, 1.54) is 38.8 Å². The van der Waals surface area contributed by atoms with Gasteiger partial charge in [-0.25, -0.2) is 0 Å². The highest BCUT2D eigenvalue weighted by atomic mass is 31.2. The molecule has 2 saturated heterocycles. The molecular formula is C13H28N3P. The maximum atomic E-state index is 5.35. The Labute approximate surface area is 107 Å². The molecule has 2 heterocycles. The van der Waals surface area contributed by atoms with E-state index in [2.05, 4.69) is 44.2 Å². The van der Waals surface area contributed by atoms with Crippen molar-refractivity contribution < 1.29 is 0 Å². The molecule has 100 valence electrons. The Bertz CT molecular complexity index is 312. The molecule has 0 aromatic rings. The normalized spacial score (nSPS) is 36.6. The first kappa shape index (κ1) is 13.6. The molecule has 0 N–H and O–H groups in total. The Kier molecular flexibility index (Phi) is 3.74. The van der Waals surface area contributed by atoms with Gasteiger partial charge < -0.3 is 0 Å². The van der Waals surface area contributed by atoms with Crippen molar-refractivity contribution >= 4 is 7.36 Å². The van der Waals surface area contributed by atoms with Crippen LogP contribution in [0.2, 0.25) is 0 Å². The van der Waals surface area contributed by atoms with Crippen LogP contribution >= 0.6 is 7.36 Å². The Morgan fingerprint density at radius 2 is 1.47 bits per heavy atom. The zero-order chi connectivity index (χ0) is 12.7. The lowest BCUT2D eigenvalue weighted by atomic mass is 10.1. The summed E-state index contributed by atoms with van der Waals surface area (Å²) in [5.74, 6) is 0. The predicted octanol–water partition coefficient (Wildman–Crippen LogP) is 3.64. The van der Waals surface area contributed by atoms with Crippen LogP contribution in [0.5, 0.6) is 0 Å². The van der Waals surface area contributed by atoms with Gasteiger partial charge in [-0.15, -0.1) is 0 Å². The Morgan fingerprint density at radius 3 is 1.88 bits per heavy atom. The Morgan fingerprint density at radius 1 is 1.00 bits per heavy atom. The van der Waals surface area contributed by atoms with Crippen molar-refractivity contribution in [1.29, 1.82) is 0 Å². The van der Waals surface area contributed by atoms with Gasteiger partial charge >= 0.3 is 0 Å². The standard InChI is InChI=1S/C13H28N3P/c1-13(2,3)14-17-12(8-6-10-15(17)4)9-7-11-16(17)5/h12H,6-11H2,1-5H3. The van der Waals surface area contributed by atoms with E-state index in [1.807, 2.05) is 0 Å². The molecule has 0 aliphatic carbocycles. The molecule has 2 fully saturated rings. The van der Waals surface area contributed by atoms with Crippen molar-refractivity contribution in [1.82, 2.24) is 9.34 Å². The topological polar surface area (TPSA) is 18.8 Å². The van der Waals surface area contributed by atoms with Crippen molar-refractivity contribution in [3.63, 3.8) is 0 Å². The summed E-state index contributed by atoms with van der Waals surface area (Å²) in [6.07, 6.45) is 5.50. The lowest BCUT2D eigenvalue weighted by molar-refractivity contribution is 0.345. The molecule has 2 aliphatic heterocycles. The van der Waals surface area contributed by atoms with Crippen molar-refractivity contribution in [3.05, 3.63) is 0 Å². The van der Waals surface area contributed by atoms with E-state index in [1.54, 1.807) is 0 Å². The predicted molar refractivity (Wildman–Crippen MR) is 76.6 cm³/mol. The molecule has 0 atom stereocenters. The summed E-state index contributed by atoms with van der Waals surface area (Å²) in [4.78, 5) is 0. The van der Waals surface area contributed by atoms with Gasteiger partial charge in [0, 0.05) is 18.7 Å². The monoisotopic (exact) mass is 257 g/mol. The van der Waals surface area contributed by atoms with Crippen LogP contribution in [0, 0.1) is 0 Å². The van der Waals surface area contributed by atoms with E-state index in [9.17, 15) is 0 Å². The van der Waals surface area contributed by atoms with Gasteiger partial charge in [0.25, 0.3) is 0 Å². The molecule has 0 aromatic heterocycles. The van der Waals surface area contributed by atoms with Crippen LogP contribution < -0.4 is 0 Å². The van der Waals surface area contributed by atoms with Crippen LogP contribution in [-0.4, -0.2) is 47.7 Å². The summed E-state index contributed by atoms with van der Waals surface area (Å²) in [6.45, 7) is 9.22. The van der Waals surface area contributed by atoms with Crippen molar-refractivity contribution in [3.8, 4) is 0 Å². The first-order valence-electron chi connectivity index (χ1n) is 6.93. The highest BCUT2D eigenvalue weighted by Crippen LogP contribution is 2.66. The fourth-order valence-corrected chi connectivity index (χ4v) is 8.31. The SMILES string of the molecule is CN1CCCC2CCCN(C)P21=NC(C)(C)C. The van der Waals surface area contributed by atoms with Gasteiger partial charge in [-0.2, -0.15) is 0 Å². The van der Waals surface area contributed by atoms with E-state index in [0.717, 1.165) is 5.66 Å². The molecule has 0 saturated carbocycles. The van der Waals surface area contributed by atoms with Gasteiger partial charge in [-0.1, -0.05) is 0 Å². The van der Waals surface area contributed by atoms with E-state index in [4.69, 9.17) is 4.74 Å². The molecule has 0 aromatic carbocycles. The van der Waals surface area contributed by atoms with Crippen molar-refractivity contribution in [2.75, 3.05) is 27.2 Å². The molecule has 2 aliphatic rings. The van der Waals surface area contributed by atoms with Crippen LogP contribution in [0.1, 0.15) is 46.5 Å². The van der Waals surface area contributed by atoms with Crippen molar-refractivity contribution in [2.24, 2.45) is 4.74 Å². The Balaban J connectivity index is 2.49. The summed E-state index contributed by atoms with van der Waals surface area (Å²) in [5, 5.41) is 0. The third kappa shape index (κ3) is 2.47. The average molecular weight is 257 g/mol. The second-order valence-electron chi connectivity index (χ2n) is 6.59. The van der Waals surface area contributed by atoms with E-state index in [0.29, 0.717) is 0 Å². The minimum absolute atomic E-state index is 0.0865. The zero-order valence-corrected chi connectivity index (χ0v) is 13.0. The fourth-order valence-electron chi connectivity index (χ4n) is 3.39. The Hall–Kier alpha value is 0.150. The maximum absolute atomic E-state index is 5.35. The van der Waals surface area contributed by atoms with Gasteiger partial charge in [0.1, 0.15) is 7.36 Å². The molecule has 0 bridgehead atoms. The number of fused-ring (bicyclic) bond motifs is 1. The largest absolute Gasteiger partial charge is 0.268 e. The third-order valence-electron chi connectivity index (χ3n) is 3.98. The number of rotatable bonds is 0. The van der Waals surface area contributed by atoms with Crippen LogP contribution in [0.4, 0.5) is 0 Å². The fraction of sp³-hybridized carbons (Fsp3) is 1.00. The molecule has 17 heavy (non-hydrogen) atoms. The van der Waals surface area contributed by atoms with Crippen molar-refractivity contribution in [2.45, 2.75) is 57.7 Å². The maximum Gasteiger partial charge on any atom is 0.100 e. The molecule has 4 heteroatoms. The molecule has 2 rings (SSSR count). The molecular weight excluding hydrogens is 229 g/mol. The number of nitrogens with zero attached hydrogens (tertiary/aromatic N) is 3. The minimum Gasteiger partial charge on any atom is -0.268 e. The van der Waals surface area contributed by atoms with Crippen LogP contribution in [0.25, 0.3) is 0 Å². The molecule has 0 unspecified atom stereocenters. The average Bonchev–Trinajstić information content (AvgIpc) is 2.20. The summed E-state index contributed by atoms with van der Waals surface area (Å²) < 4.78 is 10.6. The van der Waals surface area contributed by atoms with Gasteiger partial charge in [0.15, 0.2) is 0 Å². The first-order chi connectivity index (χ1) is 7.86. The quantitative estimate of drug-likeness (QED) is 0.617. The zero-order valence-electron chi connectivity index (χ0n) is 12.1. The molecule has 0 spiro atoms. The highest BCUT2D eigenvalue weighted by molar-refractivity contribution is 7.62. The summed E-state index contributed by atoms with van der Waals surface area (Å²) in [6, 6.07) is 0. The molecule has 3 nitrogen and oxygen atoms in total. The first-order valence-corrected chi connectivity index (χ1v) is 8.64. The van der Waals surface area contributed by atoms with Crippen LogP contribution in [-0.2, 0) is 0 Å². The summed E-state index contributed by atoms with van der Waals surface area (Å²) >= 11 is 0. The highest BCUT2D eigenvalue weighted by Gasteiger charge is 2.43. The minimum atomic E-state index is -1.41. The second-order valence-corrected chi connectivity index (χ2v) is 10.1. The van der Waals surface area contributed by atoms with Gasteiger partial charge in [-0.3, -0.25) is 14.1 Å². The summed E-state index contributed by atoms with van der Waals surface area (Å²) in [5.41, 5.74) is 0.919. The van der Waals surface area contributed by atoms with E-state index < -0.39 is 7.36 Å². The lowest BCUT2D eigenvalue weighted by Crippen LogP contribution is -2.42.